The summed E-state index contributed by atoms with van der Waals surface area (Å²) in [4.78, 5) is 21.4. The van der Waals surface area contributed by atoms with E-state index in [1.165, 1.54) is 24.3 Å². The number of carbonyl (C=O) groups excluding carboxylic acids is 1. The maximum absolute atomic E-state index is 11.4. The Hall–Kier alpha value is -1.91. The molecule has 0 saturated heterocycles. The highest BCUT2D eigenvalue weighted by molar-refractivity contribution is 5.90. The van der Waals surface area contributed by atoms with Gasteiger partial charge in [-0.25, -0.2) is 4.79 Å². The Morgan fingerprint density at radius 1 is 1.50 bits per heavy atom. The standard InChI is InChI=1S/C11H13NO4/c1-2-3-7-16-11(13)9-5-4-6-10(8-9)12(14)15/h4-6,8H,2-3,7H2,1H3. The predicted octanol–water partition coefficient (Wildman–Crippen LogP) is 2.55. The number of nitrogens with zero attached hydrogens (tertiary/aromatic N) is 1. The molecule has 0 aromatic heterocycles. The molecule has 0 unspecified atom stereocenters. The summed E-state index contributed by atoms with van der Waals surface area (Å²) in [6.07, 6.45) is 1.73. The molecule has 0 atom stereocenters. The van der Waals surface area contributed by atoms with Gasteiger partial charge in [0.05, 0.1) is 17.1 Å². The molecule has 0 spiro atoms. The molecule has 0 saturated carbocycles. The molecule has 86 valence electrons. The van der Waals surface area contributed by atoms with Crippen LogP contribution in [-0.2, 0) is 4.74 Å². The van der Waals surface area contributed by atoms with Crippen molar-refractivity contribution in [3.05, 3.63) is 39.9 Å². The van der Waals surface area contributed by atoms with Crippen LogP contribution in [0.5, 0.6) is 0 Å². The molecule has 0 aliphatic heterocycles. The third-order valence-corrected chi connectivity index (χ3v) is 2.02. The highest BCUT2D eigenvalue weighted by Gasteiger charge is 2.11. The van der Waals surface area contributed by atoms with E-state index in [9.17, 15) is 14.9 Å². The summed E-state index contributed by atoms with van der Waals surface area (Å²) in [5.41, 5.74) is 0.107. The summed E-state index contributed by atoms with van der Waals surface area (Å²) < 4.78 is 4.94. The molecule has 0 radical (unpaired) electrons. The lowest BCUT2D eigenvalue weighted by Crippen LogP contribution is -2.06. The van der Waals surface area contributed by atoms with E-state index >= 15 is 0 Å². The van der Waals surface area contributed by atoms with Crippen molar-refractivity contribution in [3.8, 4) is 0 Å². The third-order valence-electron chi connectivity index (χ3n) is 2.02. The summed E-state index contributed by atoms with van der Waals surface area (Å²) in [5.74, 6) is -0.517. The molecule has 0 fully saturated rings. The van der Waals surface area contributed by atoms with Gasteiger partial charge in [0, 0.05) is 12.1 Å². The SMILES string of the molecule is CCCCOC(=O)c1cccc([N+](=O)[O-])c1. The molecule has 1 rings (SSSR count). The fourth-order valence-corrected chi connectivity index (χ4v) is 1.14. The van der Waals surface area contributed by atoms with Crippen LogP contribution in [0.15, 0.2) is 24.3 Å². The Morgan fingerprint density at radius 2 is 2.25 bits per heavy atom. The number of unbranched alkanes of at least 4 members (excludes halogenated alkanes) is 1. The maximum Gasteiger partial charge on any atom is 0.338 e. The Balaban J connectivity index is 2.68. The van der Waals surface area contributed by atoms with E-state index in [0.29, 0.717) is 6.61 Å². The van der Waals surface area contributed by atoms with Crippen LogP contribution in [0.1, 0.15) is 30.1 Å². The Labute approximate surface area is 93.2 Å². The van der Waals surface area contributed by atoms with Gasteiger partial charge in [-0.1, -0.05) is 19.4 Å². The average Bonchev–Trinajstić information content (AvgIpc) is 2.29. The lowest BCUT2D eigenvalue weighted by Gasteiger charge is -2.03. The van der Waals surface area contributed by atoms with E-state index in [0.717, 1.165) is 12.8 Å². The molecule has 5 nitrogen and oxygen atoms in total. The number of carbonyl (C=O) groups is 1. The van der Waals surface area contributed by atoms with Crippen molar-refractivity contribution in [2.75, 3.05) is 6.61 Å². The highest BCUT2D eigenvalue weighted by Crippen LogP contribution is 2.13. The minimum Gasteiger partial charge on any atom is -0.462 e. The van der Waals surface area contributed by atoms with Crippen molar-refractivity contribution in [2.24, 2.45) is 0 Å². The number of nitro groups is 1. The van der Waals surface area contributed by atoms with Gasteiger partial charge < -0.3 is 4.74 Å². The molecule has 0 aliphatic rings. The molecule has 5 heteroatoms. The van der Waals surface area contributed by atoms with Crippen LogP contribution >= 0.6 is 0 Å². The summed E-state index contributed by atoms with van der Waals surface area (Å²) in [5, 5.41) is 10.5. The van der Waals surface area contributed by atoms with Crippen molar-refractivity contribution in [3.63, 3.8) is 0 Å². The van der Waals surface area contributed by atoms with E-state index in [4.69, 9.17) is 4.74 Å². The van der Waals surface area contributed by atoms with Crippen molar-refractivity contribution < 1.29 is 14.5 Å². The smallest absolute Gasteiger partial charge is 0.338 e. The minimum atomic E-state index is -0.539. The number of rotatable bonds is 5. The van der Waals surface area contributed by atoms with Crippen LogP contribution in [0.3, 0.4) is 0 Å². The van der Waals surface area contributed by atoms with Gasteiger partial charge >= 0.3 is 5.97 Å². The van der Waals surface area contributed by atoms with Gasteiger partial charge in [-0.2, -0.15) is 0 Å². The fraction of sp³-hybridized carbons (Fsp3) is 0.364. The van der Waals surface area contributed by atoms with Crippen LogP contribution in [0.25, 0.3) is 0 Å². The molecule has 16 heavy (non-hydrogen) atoms. The monoisotopic (exact) mass is 223 g/mol. The second kappa shape index (κ2) is 5.85. The van der Waals surface area contributed by atoms with Crippen molar-refractivity contribution >= 4 is 11.7 Å². The van der Waals surface area contributed by atoms with Crippen LogP contribution in [-0.4, -0.2) is 17.5 Å². The zero-order valence-corrected chi connectivity index (χ0v) is 9.01. The van der Waals surface area contributed by atoms with Gasteiger partial charge in [0.2, 0.25) is 0 Å². The topological polar surface area (TPSA) is 69.4 Å². The van der Waals surface area contributed by atoms with Crippen molar-refractivity contribution in [2.45, 2.75) is 19.8 Å². The fourth-order valence-electron chi connectivity index (χ4n) is 1.14. The first-order valence-corrected chi connectivity index (χ1v) is 5.06. The van der Waals surface area contributed by atoms with Crippen LogP contribution < -0.4 is 0 Å². The van der Waals surface area contributed by atoms with Gasteiger partial charge in [0.15, 0.2) is 0 Å². The van der Waals surface area contributed by atoms with Crippen LogP contribution in [0, 0.1) is 10.1 Å². The molecular weight excluding hydrogens is 210 g/mol. The molecule has 1 aromatic rings. The minimum absolute atomic E-state index is 0.107. The number of nitro benzene ring substituents is 1. The summed E-state index contributed by atoms with van der Waals surface area (Å²) >= 11 is 0. The molecule has 1 aromatic carbocycles. The van der Waals surface area contributed by atoms with Crippen LogP contribution in [0.4, 0.5) is 5.69 Å². The van der Waals surface area contributed by atoms with Gasteiger partial charge in [-0.15, -0.1) is 0 Å². The Kier molecular flexibility index (Phi) is 4.44. The lowest BCUT2D eigenvalue weighted by atomic mass is 10.2. The first-order valence-electron chi connectivity index (χ1n) is 5.06. The number of benzene rings is 1. The molecule has 0 bridgehead atoms. The maximum atomic E-state index is 11.4. The molecule has 0 N–H and O–H groups in total. The van der Waals surface area contributed by atoms with Crippen molar-refractivity contribution in [1.29, 1.82) is 0 Å². The quantitative estimate of drug-likeness (QED) is 0.333. The third kappa shape index (κ3) is 3.34. The van der Waals surface area contributed by atoms with Gasteiger partial charge in [0.25, 0.3) is 5.69 Å². The number of hydrogen-bond acceptors (Lipinski definition) is 4. The second-order valence-corrected chi connectivity index (χ2v) is 3.30. The molecule has 0 heterocycles. The Morgan fingerprint density at radius 3 is 2.88 bits per heavy atom. The number of ether oxygens (including phenoxy) is 1. The first-order chi connectivity index (χ1) is 7.65. The van der Waals surface area contributed by atoms with Gasteiger partial charge in [-0.3, -0.25) is 10.1 Å². The van der Waals surface area contributed by atoms with E-state index in [1.807, 2.05) is 6.92 Å². The molecular formula is C11H13NO4. The number of non-ortho nitro benzene ring substituents is 1. The normalized spacial score (nSPS) is 9.81. The molecule has 0 amide bonds. The number of esters is 1. The highest BCUT2D eigenvalue weighted by atomic mass is 16.6. The molecule has 0 aliphatic carbocycles. The summed E-state index contributed by atoms with van der Waals surface area (Å²) in [6.45, 7) is 2.33. The zero-order valence-electron chi connectivity index (χ0n) is 9.01. The van der Waals surface area contributed by atoms with E-state index < -0.39 is 10.9 Å². The first kappa shape index (κ1) is 12.2. The van der Waals surface area contributed by atoms with E-state index in [2.05, 4.69) is 0 Å². The second-order valence-electron chi connectivity index (χ2n) is 3.30. The average molecular weight is 223 g/mol. The van der Waals surface area contributed by atoms with Crippen molar-refractivity contribution in [1.82, 2.24) is 0 Å². The summed E-state index contributed by atoms with van der Waals surface area (Å²) in [7, 11) is 0. The lowest BCUT2D eigenvalue weighted by molar-refractivity contribution is -0.384. The van der Waals surface area contributed by atoms with Gasteiger partial charge in [0.1, 0.15) is 0 Å². The largest absolute Gasteiger partial charge is 0.462 e. The Bertz CT molecular complexity index is 389. The number of hydrogen-bond donors (Lipinski definition) is 0. The summed E-state index contributed by atoms with van der Waals surface area (Å²) in [6, 6.07) is 5.52. The predicted molar refractivity (Wildman–Crippen MR) is 58.3 cm³/mol. The van der Waals surface area contributed by atoms with E-state index in [-0.39, 0.29) is 11.3 Å². The van der Waals surface area contributed by atoms with Crippen LogP contribution in [0.2, 0.25) is 0 Å². The van der Waals surface area contributed by atoms with Gasteiger partial charge in [-0.05, 0) is 12.5 Å². The van der Waals surface area contributed by atoms with E-state index in [1.54, 1.807) is 0 Å². The zero-order chi connectivity index (χ0) is 12.0.